The van der Waals surface area contributed by atoms with Crippen molar-refractivity contribution in [3.05, 3.63) is 29.8 Å². The summed E-state index contributed by atoms with van der Waals surface area (Å²) in [7, 11) is -6.98. The summed E-state index contributed by atoms with van der Waals surface area (Å²) in [6.45, 7) is 2.60. The zero-order valence-corrected chi connectivity index (χ0v) is 17.3. The number of rotatable bonds is 8. The van der Waals surface area contributed by atoms with E-state index in [9.17, 15) is 21.6 Å². The molecule has 1 aliphatic heterocycles. The number of carbonyl (C=O) groups excluding carboxylic acids is 1. The van der Waals surface area contributed by atoms with Gasteiger partial charge >= 0.3 is 0 Å². The number of carbonyl (C=O) groups is 1. The second kappa shape index (κ2) is 9.13. The Bertz CT molecular complexity index is 851. The monoisotopic (exact) mass is 417 g/mol. The smallest absolute Gasteiger partial charge is 0.240 e. The van der Waals surface area contributed by atoms with Crippen molar-refractivity contribution < 1.29 is 21.6 Å². The lowest BCUT2D eigenvalue weighted by Crippen LogP contribution is -2.49. The third-order valence-electron chi connectivity index (χ3n) is 4.49. The quantitative estimate of drug-likeness (QED) is 0.643. The zero-order valence-electron chi connectivity index (χ0n) is 15.6. The molecule has 152 valence electrons. The summed E-state index contributed by atoms with van der Waals surface area (Å²) in [5, 5.41) is 0. The van der Waals surface area contributed by atoms with Gasteiger partial charge in [-0.2, -0.15) is 0 Å². The maximum atomic E-state index is 12.5. The van der Waals surface area contributed by atoms with Crippen molar-refractivity contribution in [1.82, 2.24) is 14.3 Å². The molecule has 0 radical (unpaired) electrons. The van der Waals surface area contributed by atoms with E-state index in [0.717, 1.165) is 31.1 Å². The van der Waals surface area contributed by atoms with Crippen LogP contribution in [0.25, 0.3) is 0 Å². The van der Waals surface area contributed by atoms with Crippen LogP contribution in [0.1, 0.15) is 31.2 Å². The zero-order chi connectivity index (χ0) is 20.1. The molecule has 1 aromatic carbocycles. The fraction of sp³-hybridized carbons (Fsp3) is 0.588. The molecule has 8 nitrogen and oxygen atoms in total. The first-order valence-corrected chi connectivity index (χ1v) is 12.3. The van der Waals surface area contributed by atoms with Crippen molar-refractivity contribution in [3.63, 3.8) is 0 Å². The van der Waals surface area contributed by atoms with E-state index in [-0.39, 0.29) is 36.4 Å². The lowest BCUT2D eigenvalue weighted by atomic mass is 10.0. The Labute approximate surface area is 161 Å². The second-order valence-corrected chi connectivity index (χ2v) is 10.4. The van der Waals surface area contributed by atoms with Gasteiger partial charge in [0.25, 0.3) is 0 Å². The fourth-order valence-electron chi connectivity index (χ4n) is 3.03. The fourth-order valence-corrected chi connectivity index (χ4v) is 4.55. The molecular formula is C17H27N3O5S2. The third kappa shape index (κ3) is 6.87. The third-order valence-corrected chi connectivity index (χ3v) is 6.66. The number of nitrogens with one attached hydrogen (secondary N) is 2. The van der Waals surface area contributed by atoms with Gasteiger partial charge in [0.1, 0.15) is 0 Å². The Kier molecular flexibility index (Phi) is 7.38. The highest BCUT2D eigenvalue weighted by Crippen LogP contribution is 2.18. The largest absolute Gasteiger partial charge is 0.338 e. The minimum Gasteiger partial charge on any atom is -0.338 e. The number of amides is 1. The molecule has 0 saturated carbocycles. The predicted molar refractivity (Wildman–Crippen MR) is 103 cm³/mol. The van der Waals surface area contributed by atoms with Crippen LogP contribution in [-0.4, -0.2) is 59.6 Å². The molecule has 2 N–H and O–H groups in total. The van der Waals surface area contributed by atoms with Crippen LogP contribution in [0.2, 0.25) is 0 Å². The van der Waals surface area contributed by atoms with Crippen LogP contribution in [-0.2, 0) is 24.8 Å². The lowest BCUT2D eigenvalue weighted by Gasteiger charge is -2.36. The Balaban J connectivity index is 1.90. The second-order valence-electron chi connectivity index (χ2n) is 6.82. The Morgan fingerprint density at radius 1 is 1.11 bits per heavy atom. The Hall–Kier alpha value is -1.49. The van der Waals surface area contributed by atoms with Crippen molar-refractivity contribution in [2.45, 2.75) is 43.5 Å². The number of hydrogen-bond donors (Lipinski definition) is 2. The van der Waals surface area contributed by atoms with Crippen LogP contribution < -0.4 is 9.44 Å². The van der Waals surface area contributed by atoms with E-state index in [1.807, 2.05) is 6.92 Å². The molecule has 1 aliphatic rings. The maximum Gasteiger partial charge on any atom is 0.240 e. The summed E-state index contributed by atoms with van der Waals surface area (Å²) in [5.74, 6) is -0.179. The summed E-state index contributed by atoms with van der Waals surface area (Å²) in [5.41, 5.74) is 0.961. The van der Waals surface area contributed by atoms with Gasteiger partial charge in [-0.25, -0.2) is 26.3 Å². The van der Waals surface area contributed by atoms with Crippen LogP contribution in [0.4, 0.5) is 0 Å². The van der Waals surface area contributed by atoms with Crippen LogP contribution in [0.3, 0.4) is 0 Å². The highest BCUT2D eigenvalue weighted by Gasteiger charge is 2.27. The molecule has 2 rings (SSSR count). The number of nitrogens with zero attached hydrogens (tertiary/aromatic N) is 1. The molecular weight excluding hydrogens is 390 g/mol. The average molecular weight is 418 g/mol. The normalized spacial score (nSPS) is 18.4. The number of likely N-dealkylation sites (tertiary alicyclic amines) is 1. The number of piperidine rings is 1. The van der Waals surface area contributed by atoms with E-state index in [0.29, 0.717) is 6.54 Å². The SMILES string of the molecule is Cc1ccc(S(=O)(=O)NCCC(=O)N2CCCCC2CNS(C)(=O)=O)cc1. The molecule has 1 fully saturated rings. The molecule has 0 aliphatic carbocycles. The van der Waals surface area contributed by atoms with E-state index < -0.39 is 20.0 Å². The number of hydrogen-bond acceptors (Lipinski definition) is 5. The van der Waals surface area contributed by atoms with Crippen molar-refractivity contribution in [2.24, 2.45) is 0 Å². The van der Waals surface area contributed by atoms with Crippen molar-refractivity contribution in [1.29, 1.82) is 0 Å². The number of aryl methyl sites for hydroxylation is 1. The van der Waals surface area contributed by atoms with E-state index in [1.54, 1.807) is 17.0 Å². The first kappa shape index (κ1) is 21.8. The molecule has 27 heavy (non-hydrogen) atoms. The summed E-state index contributed by atoms with van der Waals surface area (Å²) in [6, 6.07) is 6.28. The number of benzene rings is 1. The maximum absolute atomic E-state index is 12.5. The minimum absolute atomic E-state index is 0.00221. The molecule has 1 heterocycles. The Morgan fingerprint density at radius 3 is 2.41 bits per heavy atom. The van der Waals surface area contributed by atoms with Crippen molar-refractivity contribution in [3.8, 4) is 0 Å². The molecule has 1 aromatic rings. The summed E-state index contributed by atoms with van der Waals surface area (Å²) >= 11 is 0. The minimum atomic E-state index is -3.66. The van der Waals surface area contributed by atoms with Crippen LogP contribution in [0, 0.1) is 6.92 Å². The molecule has 10 heteroatoms. The van der Waals surface area contributed by atoms with Crippen molar-refractivity contribution >= 4 is 26.0 Å². The van der Waals surface area contributed by atoms with E-state index in [4.69, 9.17) is 0 Å². The summed E-state index contributed by atoms with van der Waals surface area (Å²) in [6.07, 6.45) is 3.63. The van der Waals surface area contributed by atoms with Crippen molar-refractivity contribution in [2.75, 3.05) is 25.9 Å². The topological polar surface area (TPSA) is 113 Å². The first-order chi connectivity index (χ1) is 12.6. The molecule has 0 bridgehead atoms. The van der Waals surface area contributed by atoms with Gasteiger partial charge in [0.2, 0.25) is 26.0 Å². The number of sulfonamides is 2. The summed E-state index contributed by atoms with van der Waals surface area (Å²) < 4.78 is 52.0. The summed E-state index contributed by atoms with van der Waals surface area (Å²) in [4.78, 5) is 14.3. The first-order valence-electron chi connectivity index (χ1n) is 8.89. The van der Waals surface area contributed by atoms with Gasteiger partial charge in [-0.05, 0) is 38.3 Å². The molecule has 1 atom stereocenters. The molecule has 1 unspecified atom stereocenters. The van der Waals surface area contributed by atoms with Crippen LogP contribution >= 0.6 is 0 Å². The van der Waals surface area contributed by atoms with Crippen LogP contribution in [0.15, 0.2) is 29.2 Å². The van der Waals surface area contributed by atoms with E-state index in [2.05, 4.69) is 9.44 Å². The van der Waals surface area contributed by atoms with Gasteiger partial charge in [0.15, 0.2) is 0 Å². The highest BCUT2D eigenvalue weighted by molar-refractivity contribution is 7.89. The van der Waals surface area contributed by atoms with E-state index >= 15 is 0 Å². The van der Waals surface area contributed by atoms with Gasteiger partial charge in [-0.3, -0.25) is 4.79 Å². The molecule has 1 saturated heterocycles. The lowest BCUT2D eigenvalue weighted by molar-refractivity contribution is -0.134. The van der Waals surface area contributed by atoms with Gasteiger partial charge in [0.05, 0.1) is 11.2 Å². The average Bonchev–Trinajstić information content (AvgIpc) is 2.59. The van der Waals surface area contributed by atoms with E-state index in [1.165, 1.54) is 12.1 Å². The molecule has 1 amide bonds. The molecule has 0 aromatic heterocycles. The molecule has 0 spiro atoms. The highest BCUT2D eigenvalue weighted by atomic mass is 32.2. The van der Waals surface area contributed by atoms with Gasteiger partial charge in [0, 0.05) is 32.1 Å². The Morgan fingerprint density at radius 2 is 1.78 bits per heavy atom. The predicted octanol–water partition coefficient (Wildman–Crippen LogP) is 0.594. The van der Waals surface area contributed by atoms with Gasteiger partial charge < -0.3 is 4.90 Å². The standard InChI is InChI=1S/C17H27N3O5S2/c1-14-6-8-16(9-7-14)27(24,25)18-11-10-17(21)20-12-4-3-5-15(20)13-19-26(2,22)23/h6-9,15,18-19H,3-5,10-13H2,1-2H3. The van der Waals surface area contributed by atoms with Crippen LogP contribution in [0.5, 0.6) is 0 Å². The van der Waals surface area contributed by atoms with Gasteiger partial charge in [-0.15, -0.1) is 0 Å². The van der Waals surface area contributed by atoms with Gasteiger partial charge in [-0.1, -0.05) is 17.7 Å².